The summed E-state index contributed by atoms with van der Waals surface area (Å²) in [5.41, 5.74) is 1.61. The van der Waals surface area contributed by atoms with Crippen molar-refractivity contribution in [2.75, 3.05) is 13.7 Å². The predicted molar refractivity (Wildman–Crippen MR) is 85.4 cm³/mol. The maximum absolute atomic E-state index is 12.5. The molecule has 6 heteroatoms. The van der Waals surface area contributed by atoms with E-state index in [0.717, 1.165) is 10.9 Å². The highest BCUT2D eigenvalue weighted by atomic mass is 16.5. The van der Waals surface area contributed by atoms with E-state index >= 15 is 0 Å². The molecule has 1 aliphatic carbocycles. The average Bonchev–Trinajstić information content (AvgIpc) is 2.87. The van der Waals surface area contributed by atoms with E-state index in [1.807, 2.05) is 35.0 Å². The summed E-state index contributed by atoms with van der Waals surface area (Å²) >= 11 is 0. The second-order valence-corrected chi connectivity index (χ2v) is 5.92. The number of aliphatic carboxylic acids is 1. The number of aromatic nitrogens is 1. The Bertz CT molecular complexity index is 731. The first kappa shape index (κ1) is 15.6. The van der Waals surface area contributed by atoms with Gasteiger partial charge in [-0.1, -0.05) is 18.2 Å². The standard InChI is InChI=1S/C17H20N2O4/c1-23-7-6-19-10-14(13-4-2-3-5-15(13)19)16(20)18-12-8-11(9-12)17(21)22/h2-5,10-12H,6-9H2,1H3,(H,18,20)(H,21,22). The van der Waals surface area contributed by atoms with Crippen LogP contribution in [0.4, 0.5) is 0 Å². The van der Waals surface area contributed by atoms with Gasteiger partial charge in [0.05, 0.1) is 18.1 Å². The third-order valence-corrected chi connectivity index (χ3v) is 4.39. The topological polar surface area (TPSA) is 80.6 Å². The number of carbonyl (C=O) groups excluding carboxylic acids is 1. The first-order valence-electron chi connectivity index (χ1n) is 7.70. The zero-order valence-electron chi connectivity index (χ0n) is 13.0. The van der Waals surface area contributed by atoms with Crippen molar-refractivity contribution >= 4 is 22.8 Å². The SMILES string of the molecule is COCCn1cc(C(=O)NC2CC(C(=O)O)C2)c2ccccc21. The molecule has 0 saturated heterocycles. The van der Waals surface area contributed by atoms with Crippen molar-refractivity contribution < 1.29 is 19.4 Å². The number of carbonyl (C=O) groups is 2. The van der Waals surface area contributed by atoms with Crippen LogP contribution >= 0.6 is 0 Å². The normalized spacial score (nSPS) is 20.2. The second kappa shape index (κ2) is 6.42. The number of nitrogens with one attached hydrogen (secondary N) is 1. The Morgan fingerprint density at radius 2 is 2.09 bits per heavy atom. The van der Waals surface area contributed by atoms with E-state index < -0.39 is 5.97 Å². The maximum Gasteiger partial charge on any atom is 0.306 e. The largest absolute Gasteiger partial charge is 0.481 e. The monoisotopic (exact) mass is 316 g/mol. The predicted octanol–water partition coefficient (Wildman–Crippen LogP) is 1.88. The Labute approximate surface area is 134 Å². The van der Waals surface area contributed by atoms with Crippen LogP contribution in [0, 0.1) is 5.92 Å². The highest BCUT2D eigenvalue weighted by Crippen LogP contribution is 2.28. The van der Waals surface area contributed by atoms with Crippen LogP contribution < -0.4 is 5.32 Å². The van der Waals surface area contributed by atoms with E-state index in [2.05, 4.69) is 5.32 Å². The van der Waals surface area contributed by atoms with Crippen molar-refractivity contribution in [1.82, 2.24) is 9.88 Å². The van der Waals surface area contributed by atoms with Crippen molar-refractivity contribution in [3.63, 3.8) is 0 Å². The number of nitrogens with zero attached hydrogens (tertiary/aromatic N) is 1. The lowest BCUT2D eigenvalue weighted by Gasteiger charge is -2.32. The van der Waals surface area contributed by atoms with Gasteiger partial charge in [0, 0.05) is 36.8 Å². The van der Waals surface area contributed by atoms with Gasteiger partial charge >= 0.3 is 5.97 Å². The molecule has 2 N–H and O–H groups in total. The smallest absolute Gasteiger partial charge is 0.306 e. The molecule has 1 saturated carbocycles. The van der Waals surface area contributed by atoms with Crippen LogP contribution in [0.1, 0.15) is 23.2 Å². The first-order valence-corrected chi connectivity index (χ1v) is 7.70. The molecule has 0 unspecified atom stereocenters. The van der Waals surface area contributed by atoms with Gasteiger partial charge < -0.3 is 19.7 Å². The number of hydrogen-bond acceptors (Lipinski definition) is 3. The van der Waals surface area contributed by atoms with Crippen LogP contribution in [-0.4, -0.2) is 41.3 Å². The summed E-state index contributed by atoms with van der Waals surface area (Å²) in [6, 6.07) is 7.70. The second-order valence-electron chi connectivity index (χ2n) is 5.92. The number of para-hydroxylation sites is 1. The fourth-order valence-electron chi connectivity index (χ4n) is 3.00. The molecule has 0 bridgehead atoms. The zero-order valence-corrected chi connectivity index (χ0v) is 13.0. The minimum atomic E-state index is -0.785. The Kier molecular flexibility index (Phi) is 4.34. The summed E-state index contributed by atoms with van der Waals surface area (Å²) in [6.45, 7) is 1.25. The van der Waals surface area contributed by atoms with Gasteiger partial charge in [-0.25, -0.2) is 0 Å². The zero-order chi connectivity index (χ0) is 16.4. The number of hydrogen-bond donors (Lipinski definition) is 2. The van der Waals surface area contributed by atoms with Gasteiger partial charge in [0.1, 0.15) is 0 Å². The molecule has 1 aromatic carbocycles. The van der Waals surface area contributed by atoms with Gasteiger partial charge in [0.25, 0.3) is 5.91 Å². The summed E-state index contributed by atoms with van der Waals surface area (Å²) in [6.07, 6.45) is 2.85. The van der Waals surface area contributed by atoms with E-state index in [9.17, 15) is 9.59 Å². The van der Waals surface area contributed by atoms with E-state index in [-0.39, 0.29) is 17.9 Å². The summed E-state index contributed by atoms with van der Waals surface area (Å²) in [5, 5.41) is 12.7. The molecule has 23 heavy (non-hydrogen) atoms. The highest BCUT2D eigenvalue weighted by molar-refractivity contribution is 6.07. The molecule has 0 aliphatic heterocycles. The molecule has 1 heterocycles. The fourth-order valence-corrected chi connectivity index (χ4v) is 3.00. The lowest BCUT2D eigenvalue weighted by Crippen LogP contribution is -2.46. The minimum absolute atomic E-state index is 0.0512. The van der Waals surface area contributed by atoms with Gasteiger partial charge in [-0.15, -0.1) is 0 Å². The number of amides is 1. The molecule has 3 rings (SSSR count). The third kappa shape index (κ3) is 3.07. The Morgan fingerprint density at radius 1 is 1.35 bits per heavy atom. The molecule has 0 atom stereocenters. The van der Waals surface area contributed by atoms with E-state index in [4.69, 9.17) is 9.84 Å². The number of methoxy groups -OCH3 is 1. The Morgan fingerprint density at radius 3 is 2.78 bits per heavy atom. The summed E-state index contributed by atoms with van der Waals surface area (Å²) in [4.78, 5) is 23.4. The van der Waals surface area contributed by atoms with Gasteiger partial charge in [-0.2, -0.15) is 0 Å². The van der Waals surface area contributed by atoms with Crippen molar-refractivity contribution in [2.24, 2.45) is 5.92 Å². The lowest BCUT2D eigenvalue weighted by molar-refractivity contribution is -0.145. The Hall–Kier alpha value is -2.34. The number of ether oxygens (including phenoxy) is 1. The quantitative estimate of drug-likeness (QED) is 0.852. The van der Waals surface area contributed by atoms with Gasteiger partial charge in [-0.3, -0.25) is 9.59 Å². The number of carboxylic acid groups (broad SMARTS) is 1. The van der Waals surface area contributed by atoms with E-state index in [0.29, 0.717) is 31.6 Å². The lowest BCUT2D eigenvalue weighted by atomic mass is 9.80. The van der Waals surface area contributed by atoms with Gasteiger partial charge in [0.2, 0.25) is 0 Å². The number of carboxylic acids is 1. The third-order valence-electron chi connectivity index (χ3n) is 4.39. The molecule has 6 nitrogen and oxygen atoms in total. The molecular weight excluding hydrogens is 296 g/mol. The summed E-state index contributed by atoms with van der Waals surface area (Å²) in [7, 11) is 1.65. The molecule has 1 fully saturated rings. The van der Waals surface area contributed by atoms with Crippen molar-refractivity contribution in [1.29, 1.82) is 0 Å². The average molecular weight is 316 g/mol. The maximum atomic E-state index is 12.5. The number of fused-ring (bicyclic) bond motifs is 1. The van der Waals surface area contributed by atoms with Gasteiger partial charge in [-0.05, 0) is 18.9 Å². The van der Waals surface area contributed by atoms with Crippen molar-refractivity contribution in [3.05, 3.63) is 36.0 Å². The Balaban J connectivity index is 1.76. The van der Waals surface area contributed by atoms with E-state index in [1.54, 1.807) is 7.11 Å². The van der Waals surface area contributed by atoms with Crippen molar-refractivity contribution in [2.45, 2.75) is 25.4 Å². The highest BCUT2D eigenvalue weighted by Gasteiger charge is 2.35. The molecule has 2 aromatic rings. The molecule has 1 aliphatic rings. The fraction of sp³-hybridized carbons (Fsp3) is 0.412. The molecular formula is C17H20N2O4. The molecule has 1 amide bonds. The number of benzene rings is 1. The number of rotatable bonds is 6. The molecule has 0 spiro atoms. The minimum Gasteiger partial charge on any atom is -0.481 e. The molecule has 0 radical (unpaired) electrons. The molecule has 1 aromatic heterocycles. The van der Waals surface area contributed by atoms with Gasteiger partial charge in [0.15, 0.2) is 0 Å². The van der Waals surface area contributed by atoms with Crippen molar-refractivity contribution in [3.8, 4) is 0 Å². The van der Waals surface area contributed by atoms with E-state index in [1.165, 1.54) is 0 Å². The summed E-state index contributed by atoms with van der Waals surface area (Å²) < 4.78 is 7.12. The van der Waals surface area contributed by atoms with Crippen LogP contribution in [0.3, 0.4) is 0 Å². The summed E-state index contributed by atoms with van der Waals surface area (Å²) in [5.74, 6) is -1.26. The van der Waals surface area contributed by atoms with Crippen LogP contribution in [0.5, 0.6) is 0 Å². The van der Waals surface area contributed by atoms with Crippen LogP contribution in [0.25, 0.3) is 10.9 Å². The molecule has 122 valence electrons. The first-order chi connectivity index (χ1) is 11.1. The van der Waals surface area contributed by atoms with Crippen LogP contribution in [-0.2, 0) is 16.1 Å². The van der Waals surface area contributed by atoms with Crippen LogP contribution in [0.15, 0.2) is 30.5 Å². The van der Waals surface area contributed by atoms with Crippen LogP contribution in [0.2, 0.25) is 0 Å².